The van der Waals surface area contributed by atoms with Crippen LogP contribution in [0.1, 0.15) is 95.0 Å². The first-order chi connectivity index (χ1) is 20.6. The Balaban J connectivity index is 1.37. The van der Waals surface area contributed by atoms with Gasteiger partial charge in [0.05, 0.1) is 13.2 Å². The Morgan fingerprint density at radius 3 is 2.44 bits per heavy atom. The summed E-state index contributed by atoms with van der Waals surface area (Å²) >= 11 is 0. The summed E-state index contributed by atoms with van der Waals surface area (Å²) in [5.41, 5.74) is 0.0308. The third-order valence-electron chi connectivity index (χ3n) is 7.52. The summed E-state index contributed by atoms with van der Waals surface area (Å²) in [6, 6.07) is 8.13. The van der Waals surface area contributed by atoms with Gasteiger partial charge in [0.15, 0.2) is 6.10 Å². The van der Waals surface area contributed by atoms with E-state index in [9.17, 15) is 14.2 Å². The number of rotatable bonds is 16. The van der Waals surface area contributed by atoms with Crippen LogP contribution in [-0.4, -0.2) is 40.3 Å². The molecule has 1 fully saturated rings. The fourth-order valence-corrected chi connectivity index (χ4v) is 6.34. The summed E-state index contributed by atoms with van der Waals surface area (Å²) in [7, 11) is -4.19. The average Bonchev–Trinajstić information content (AvgIpc) is 3.21. The van der Waals surface area contributed by atoms with Gasteiger partial charge in [0.1, 0.15) is 11.9 Å². The van der Waals surface area contributed by atoms with Crippen molar-refractivity contribution in [2.24, 2.45) is 0 Å². The number of unbranched alkanes of at least 4 members (excludes halogenated alkanes) is 9. The maximum absolute atomic E-state index is 15.8. The van der Waals surface area contributed by atoms with Gasteiger partial charge in [0, 0.05) is 23.9 Å². The second-order valence-electron chi connectivity index (χ2n) is 11.0. The van der Waals surface area contributed by atoms with Gasteiger partial charge in [-0.3, -0.25) is 18.4 Å². The molecule has 0 amide bonds. The summed E-state index contributed by atoms with van der Waals surface area (Å²) in [6.07, 6.45) is 5.83. The lowest BCUT2D eigenvalue weighted by Crippen LogP contribution is -2.44. The van der Waals surface area contributed by atoms with Crippen LogP contribution in [0.2, 0.25) is 0 Å². The standard InChI is InChI=1S/C30H41F2N2O8P/c1-3-4-5-6-7-8-9-10-11-12-17-26(35)41-27-25(21-39-43(37)38-20-23-15-13-14-16-24(23)42-43)40-28(30(27,31)32)34-19-18-22(2)33-29(34)36/h13-16,18-19,25,27-28H,3-12,17,20-21H2,1-2H3/t25-,27-,28-,43?/m1/s1. The Bertz CT molecular complexity index is 1320. The largest absolute Gasteiger partial charge is 0.530 e. The van der Waals surface area contributed by atoms with E-state index in [-0.39, 0.29) is 18.8 Å². The van der Waals surface area contributed by atoms with Gasteiger partial charge in [-0.15, -0.1) is 0 Å². The van der Waals surface area contributed by atoms with Crippen molar-refractivity contribution in [3.8, 4) is 5.75 Å². The number of phosphoric acid groups is 1. The van der Waals surface area contributed by atoms with E-state index >= 15 is 8.78 Å². The van der Waals surface area contributed by atoms with Crippen LogP contribution in [0.5, 0.6) is 5.75 Å². The van der Waals surface area contributed by atoms with Crippen LogP contribution in [0.15, 0.2) is 41.3 Å². The first kappa shape index (κ1) is 33.2. The number of esters is 1. The van der Waals surface area contributed by atoms with Crippen molar-refractivity contribution in [3.05, 3.63) is 58.3 Å². The molecule has 10 nitrogen and oxygen atoms in total. The molecule has 0 N–H and O–H groups in total. The SMILES string of the molecule is CCCCCCCCCCCCC(=O)O[C@@H]1[C@@H](COP2(=O)OCc3ccccc3O2)O[C@@H](n2ccc(C)nc2=O)C1(F)F. The minimum Gasteiger partial charge on any atom is -0.453 e. The molecule has 3 heterocycles. The summed E-state index contributed by atoms with van der Waals surface area (Å²) in [5, 5.41) is 0. The number of carbonyl (C=O) groups is 1. The van der Waals surface area contributed by atoms with Gasteiger partial charge in [-0.25, -0.2) is 9.36 Å². The lowest BCUT2D eigenvalue weighted by atomic mass is 10.1. The first-order valence-electron chi connectivity index (χ1n) is 15.1. The Hall–Kier alpha value is -2.66. The minimum atomic E-state index is -4.19. The predicted molar refractivity (Wildman–Crippen MR) is 154 cm³/mol. The van der Waals surface area contributed by atoms with Crippen molar-refractivity contribution in [3.63, 3.8) is 0 Å². The summed E-state index contributed by atoms with van der Waals surface area (Å²) < 4.78 is 72.2. The quantitative estimate of drug-likeness (QED) is 0.110. The topological polar surface area (TPSA) is 115 Å². The molecule has 1 aromatic heterocycles. The van der Waals surface area contributed by atoms with Crippen LogP contribution in [0.3, 0.4) is 0 Å². The zero-order chi connectivity index (χ0) is 30.9. The Labute approximate surface area is 250 Å². The summed E-state index contributed by atoms with van der Waals surface area (Å²) in [6.45, 7) is 2.95. The number of carbonyl (C=O) groups excluding carboxylic acids is 1. The number of aryl methyl sites for hydroxylation is 1. The van der Waals surface area contributed by atoms with Gasteiger partial charge in [0.2, 0.25) is 6.23 Å². The highest BCUT2D eigenvalue weighted by Gasteiger charge is 2.63. The molecule has 1 unspecified atom stereocenters. The van der Waals surface area contributed by atoms with Crippen molar-refractivity contribution in [1.29, 1.82) is 0 Å². The molecule has 238 valence electrons. The second kappa shape index (κ2) is 15.4. The number of ether oxygens (including phenoxy) is 2. The molecule has 43 heavy (non-hydrogen) atoms. The highest BCUT2D eigenvalue weighted by atomic mass is 31.2. The van der Waals surface area contributed by atoms with Crippen molar-refractivity contribution >= 4 is 13.8 Å². The maximum Gasteiger partial charge on any atom is 0.530 e. The van der Waals surface area contributed by atoms with Gasteiger partial charge in [-0.1, -0.05) is 82.9 Å². The van der Waals surface area contributed by atoms with Crippen molar-refractivity contribution in [2.45, 2.75) is 115 Å². The highest BCUT2D eigenvalue weighted by Crippen LogP contribution is 2.55. The zero-order valence-corrected chi connectivity index (χ0v) is 25.6. The van der Waals surface area contributed by atoms with E-state index in [2.05, 4.69) is 11.9 Å². The highest BCUT2D eigenvalue weighted by molar-refractivity contribution is 7.49. The van der Waals surface area contributed by atoms with Gasteiger partial charge in [0.25, 0.3) is 0 Å². The third kappa shape index (κ3) is 8.94. The zero-order valence-electron chi connectivity index (χ0n) is 24.8. The van der Waals surface area contributed by atoms with E-state index in [1.165, 1.54) is 38.2 Å². The molecular formula is C30H41F2N2O8P. The molecule has 1 aromatic carbocycles. The molecule has 2 aromatic rings. The molecule has 1 saturated heterocycles. The van der Waals surface area contributed by atoms with E-state index in [1.54, 1.807) is 31.2 Å². The van der Waals surface area contributed by atoms with E-state index in [0.29, 0.717) is 22.2 Å². The minimum absolute atomic E-state index is 0.0468. The van der Waals surface area contributed by atoms with Gasteiger partial charge in [-0.05, 0) is 25.5 Å². The van der Waals surface area contributed by atoms with Crippen molar-refractivity contribution in [2.75, 3.05) is 6.61 Å². The van der Waals surface area contributed by atoms with Crippen LogP contribution >= 0.6 is 7.82 Å². The molecule has 4 rings (SSSR count). The molecular weight excluding hydrogens is 585 g/mol. The molecule has 13 heteroatoms. The molecule has 0 radical (unpaired) electrons. The van der Waals surface area contributed by atoms with Crippen molar-refractivity contribution in [1.82, 2.24) is 9.55 Å². The number of benzene rings is 1. The lowest BCUT2D eigenvalue weighted by Gasteiger charge is -2.27. The van der Waals surface area contributed by atoms with E-state index < -0.39 is 50.4 Å². The smallest absolute Gasteiger partial charge is 0.453 e. The van der Waals surface area contributed by atoms with Crippen LogP contribution in [0.25, 0.3) is 0 Å². The number of alkyl halides is 2. The Kier molecular flexibility index (Phi) is 11.9. The number of nitrogens with zero attached hydrogens (tertiary/aromatic N) is 2. The summed E-state index contributed by atoms with van der Waals surface area (Å²) in [4.78, 5) is 28.9. The van der Waals surface area contributed by atoms with Gasteiger partial charge in [-0.2, -0.15) is 13.8 Å². The monoisotopic (exact) mass is 626 g/mol. The van der Waals surface area contributed by atoms with Crippen LogP contribution in [0, 0.1) is 6.92 Å². The van der Waals surface area contributed by atoms with E-state index in [0.717, 1.165) is 31.9 Å². The van der Waals surface area contributed by atoms with E-state index in [1.807, 2.05) is 0 Å². The van der Waals surface area contributed by atoms with Gasteiger partial charge < -0.3 is 14.0 Å². The van der Waals surface area contributed by atoms with Crippen LogP contribution < -0.4 is 10.2 Å². The number of para-hydroxylation sites is 1. The number of phosphoric ester groups is 1. The number of halogens is 2. The molecule has 0 bridgehead atoms. The average molecular weight is 627 g/mol. The molecule has 0 saturated carbocycles. The predicted octanol–water partition coefficient (Wildman–Crippen LogP) is 7.04. The molecule has 4 atom stereocenters. The van der Waals surface area contributed by atoms with Crippen LogP contribution in [-0.2, 0) is 34.5 Å². The Morgan fingerprint density at radius 2 is 1.74 bits per heavy atom. The molecule has 2 aliphatic heterocycles. The number of hydrogen-bond acceptors (Lipinski definition) is 9. The molecule has 0 aliphatic carbocycles. The third-order valence-corrected chi connectivity index (χ3v) is 8.85. The Morgan fingerprint density at radius 1 is 1.07 bits per heavy atom. The number of aromatic nitrogens is 2. The fourth-order valence-electron chi connectivity index (χ4n) is 5.12. The maximum atomic E-state index is 15.8. The van der Waals surface area contributed by atoms with Crippen LogP contribution in [0.4, 0.5) is 8.78 Å². The normalized spacial score (nSPS) is 24.3. The molecule has 2 aliphatic rings. The van der Waals surface area contributed by atoms with E-state index in [4.69, 9.17) is 23.0 Å². The molecule has 0 spiro atoms. The lowest BCUT2D eigenvalue weighted by molar-refractivity contribution is -0.176. The number of fused-ring (bicyclic) bond motifs is 1. The summed E-state index contributed by atoms with van der Waals surface area (Å²) in [5.74, 6) is -4.37. The number of hydrogen-bond donors (Lipinski definition) is 0. The van der Waals surface area contributed by atoms with Crippen molar-refractivity contribution < 1.29 is 41.2 Å². The second-order valence-corrected chi connectivity index (χ2v) is 12.6. The first-order valence-corrected chi connectivity index (χ1v) is 16.5. The fraction of sp³-hybridized carbons (Fsp3) is 0.633. The van der Waals surface area contributed by atoms with Gasteiger partial charge >= 0.3 is 25.4 Å².